The van der Waals surface area contributed by atoms with Crippen LogP contribution in [0.4, 0.5) is 5.69 Å². The molecule has 2 nitrogen and oxygen atoms in total. The fourth-order valence-electron chi connectivity index (χ4n) is 1.11. The number of halogens is 1. The lowest BCUT2D eigenvalue weighted by Crippen LogP contribution is -2.24. The smallest absolute Gasteiger partial charge is 0.227 e. The van der Waals surface area contributed by atoms with E-state index >= 15 is 0 Å². The van der Waals surface area contributed by atoms with Crippen LogP contribution >= 0.6 is 15.9 Å². The van der Waals surface area contributed by atoms with E-state index in [0.717, 1.165) is 10.2 Å². The van der Waals surface area contributed by atoms with E-state index in [-0.39, 0.29) is 11.8 Å². The van der Waals surface area contributed by atoms with Crippen LogP contribution in [0.3, 0.4) is 0 Å². The van der Waals surface area contributed by atoms with Gasteiger partial charge in [0.1, 0.15) is 0 Å². The third-order valence-corrected chi connectivity index (χ3v) is 3.24. The highest BCUT2D eigenvalue weighted by Gasteiger charge is 2.16. The number of carbonyl (C=O) groups is 1. The quantitative estimate of drug-likeness (QED) is 0.891. The Labute approximate surface area is 99.2 Å². The van der Waals surface area contributed by atoms with Crippen LogP contribution in [0.1, 0.15) is 20.8 Å². The standard InChI is InChI=1S/C12H16BrNO/c1-8(2)9(3)12(15)14-11-7-5-4-6-10(11)13/h4-9H,1-3H3,(H,14,15). The van der Waals surface area contributed by atoms with Crippen molar-refractivity contribution in [3.05, 3.63) is 28.7 Å². The van der Waals surface area contributed by atoms with Crippen molar-refractivity contribution in [3.8, 4) is 0 Å². The largest absolute Gasteiger partial charge is 0.325 e. The number of hydrogen-bond donors (Lipinski definition) is 1. The third-order valence-electron chi connectivity index (χ3n) is 2.55. The first-order valence-corrected chi connectivity index (χ1v) is 5.87. The number of hydrogen-bond acceptors (Lipinski definition) is 1. The molecule has 0 aliphatic heterocycles. The SMILES string of the molecule is CC(C)C(C)C(=O)Nc1ccccc1Br. The second kappa shape index (κ2) is 5.31. The summed E-state index contributed by atoms with van der Waals surface area (Å²) in [5.74, 6) is 0.446. The Kier molecular flexibility index (Phi) is 4.33. The monoisotopic (exact) mass is 269 g/mol. The molecule has 0 saturated carbocycles. The molecule has 0 spiro atoms. The number of carbonyl (C=O) groups excluding carboxylic acids is 1. The van der Waals surface area contributed by atoms with E-state index in [0.29, 0.717) is 5.92 Å². The highest BCUT2D eigenvalue weighted by Crippen LogP contribution is 2.22. The minimum Gasteiger partial charge on any atom is -0.325 e. The topological polar surface area (TPSA) is 29.1 Å². The zero-order valence-corrected chi connectivity index (χ0v) is 10.8. The summed E-state index contributed by atoms with van der Waals surface area (Å²) in [6.45, 7) is 6.03. The van der Waals surface area contributed by atoms with Gasteiger partial charge in [-0.2, -0.15) is 0 Å². The first-order valence-electron chi connectivity index (χ1n) is 5.07. The van der Waals surface area contributed by atoms with E-state index in [2.05, 4.69) is 21.2 Å². The predicted molar refractivity (Wildman–Crippen MR) is 66.8 cm³/mol. The Morgan fingerprint density at radius 1 is 1.27 bits per heavy atom. The predicted octanol–water partition coefficient (Wildman–Crippen LogP) is 3.68. The zero-order chi connectivity index (χ0) is 11.4. The van der Waals surface area contributed by atoms with E-state index in [1.54, 1.807) is 0 Å². The van der Waals surface area contributed by atoms with Gasteiger partial charge < -0.3 is 5.32 Å². The molecule has 1 aromatic carbocycles. The Hall–Kier alpha value is -0.830. The van der Waals surface area contributed by atoms with E-state index in [9.17, 15) is 4.79 Å². The Morgan fingerprint density at radius 2 is 1.87 bits per heavy atom. The van der Waals surface area contributed by atoms with Crippen LogP contribution in [0.5, 0.6) is 0 Å². The molecule has 1 aromatic rings. The maximum absolute atomic E-state index is 11.8. The van der Waals surface area contributed by atoms with Crippen LogP contribution in [-0.4, -0.2) is 5.91 Å². The average Bonchev–Trinajstić information content (AvgIpc) is 2.20. The summed E-state index contributed by atoms with van der Waals surface area (Å²) in [6, 6.07) is 7.62. The number of amides is 1. The lowest BCUT2D eigenvalue weighted by molar-refractivity contribution is -0.120. The van der Waals surface area contributed by atoms with Gasteiger partial charge in [0.25, 0.3) is 0 Å². The Morgan fingerprint density at radius 3 is 2.40 bits per heavy atom. The van der Waals surface area contributed by atoms with Gasteiger partial charge in [0.05, 0.1) is 5.69 Å². The van der Waals surface area contributed by atoms with Crippen LogP contribution < -0.4 is 5.32 Å². The fourth-order valence-corrected chi connectivity index (χ4v) is 1.50. The maximum Gasteiger partial charge on any atom is 0.227 e. The molecule has 15 heavy (non-hydrogen) atoms. The van der Waals surface area contributed by atoms with Crippen LogP contribution in [0.15, 0.2) is 28.7 Å². The summed E-state index contributed by atoms with van der Waals surface area (Å²) in [6.07, 6.45) is 0. The lowest BCUT2D eigenvalue weighted by atomic mass is 9.97. The van der Waals surface area contributed by atoms with Gasteiger partial charge in [-0.1, -0.05) is 32.9 Å². The Bertz CT molecular complexity index is 349. The summed E-state index contributed by atoms with van der Waals surface area (Å²) in [4.78, 5) is 11.8. The lowest BCUT2D eigenvalue weighted by Gasteiger charge is -2.15. The van der Waals surface area contributed by atoms with Crippen molar-refractivity contribution in [2.45, 2.75) is 20.8 Å². The molecular formula is C12H16BrNO. The van der Waals surface area contributed by atoms with Gasteiger partial charge in [0.2, 0.25) is 5.91 Å². The maximum atomic E-state index is 11.8. The van der Waals surface area contributed by atoms with Gasteiger partial charge in [-0.15, -0.1) is 0 Å². The number of para-hydroxylation sites is 1. The fraction of sp³-hybridized carbons (Fsp3) is 0.417. The Balaban J connectivity index is 2.71. The van der Waals surface area contributed by atoms with E-state index in [1.165, 1.54) is 0 Å². The summed E-state index contributed by atoms with van der Waals surface area (Å²) < 4.78 is 0.911. The average molecular weight is 270 g/mol. The van der Waals surface area contributed by atoms with Crippen LogP contribution in [0.25, 0.3) is 0 Å². The van der Waals surface area contributed by atoms with Gasteiger partial charge in [0.15, 0.2) is 0 Å². The third kappa shape index (κ3) is 3.34. The van der Waals surface area contributed by atoms with Crippen molar-refractivity contribution in [1.82, 2.24) is 0 Å². The van der Waals surface area contributed by atoms with E-state index < -0.39 is 0 Å². The molecule has 0 bridgehead atoms. The zero-order valence-electron chi connectivity index (χ0n) is 9.25. The number of nitrogens with one attached hydrogen (secondary N) is 1. The van der Waals surface area contributed by atoms with Crippen LogP contribution in [0, 0.1) is 11.8 Å². The van der Waals surface area contributed by atoms with Crippen molar-refractivity contribution in [3.63, 3.8) is 0 Å². The van der Waals surface area contributed by atoms with Crippen molar-refractivity contribution in [1.29, 1.82) is 0 Å². The normalized spacial score (nSPS) is 12.6. The molecule has 1 atom stereocenters. The van der Waals surface area contributed by atoms with Crippen molar-refractivity contribution in [2.24, 2.45) is 11.8 Å². The second-order valence-electron chi connectivity index (χ2n) is 4.00. The molecule has 82 valence electrons. The molecule has 0 fully saturated rings. The molecule has 0 aliphatic rings. The number of anilines is 1. The van der Waals surface area contributed by atoms with Crippen LogP contribution in [0.2, 0.25) is 0 Å². The molecule has 0 saturated heterocycles. The molecule has 0 aromatic heterocycles. The first kappa shape index (κ1) is 12.2. The van der Waals surface area contributed by atoms with Gasteiger partial charge in [0, 0.05) is 10.4 Å². The molecule has 1 amide bonds. The summed E-state index contributed by atoms with van der Waals surface area (Å²) in [5.41, 5.74) is 0.829. The van der Waals surface area contributed by atoms with Crippen molar-refractivity contribution in [2.75, 3.05) is 5.32 Å². The van der Waals surface area contributed by atoms with Gasteiger partial charge in [-0.05, 0) is 34.0 Å². The highest BCUT2D eigenvalue weighted by molar-refractivity contribution is 9.10. The molecule has 0 heterocycles. The number of benzene rings is 1. The summed E-state index contributed by atoms with van der Waals surface area (Å²) in [5, 5.41) is 2.91. The molecule has 1 N–H and O–H groups in total. The minimum absolute atomic E-state index is 0.0251. The molecular weight excluding hydrogens is 254 g/mol. The molecule has 1 rings (SSSR count). The van der Waals surface area contributed by atoms with E-state index in [1.807, 2.05) is 45.0 Å². The molecule has 0 radical (unpaired) electrons. The van der Waals surface area contributed by atoms with Crippen LogP contribution in [-0.2, 0) is 4.79 Å². The molecule has 0 aliphatic carbocycles. The molecule has 1 unspecified atom stereocenters. The minimum atomic E-state index is 0.0251. The van der Waals surface area contributed by atoms with Crippen molar-refractivity contribution < 1.29 is 4.79 Å². The van der Waals surface area contributed by atoms with Gasteiger partial charge >= 0.3 is 0 Å². The molecule has 3 heteroatoms. The van der Waals surface area contributed by atoms with Gasteiger partial charge in [-0.25, -0.2) is 0 Å². The van der Waals surface area contributed by atoms with E-state index in [4.69, 9.17) is 0 Å². The number of rotatable bonds is 3. The van der Waals surface area contributed by atoms with Gasteiger partial charge in [-0.3, -0.25) is 4.79 Å². The highest BCUT2D eigenvalue weighted by atomic mass is 79.9. The summed E-state index contributed by atoms with van der Waals surface area (Å²) in [7, 11) is 0. The van der Waals surface area contributed by atoms with Crippen molar-refractivity contribution >= 4 is 27.5 Å². The first-order chi connectivity index (χ1) is 7.02. The summed E-state index contributed by atoms with van der Waals surface area (Å²) >= 11 is 3.40. The second-order valence-corrected chi connectivity index (χ2v) is 4.86.